The first kappa shape index (κ1) is 24.3. The van der Waals surface area contributed by atoms with Crippen molar-refractivity contribution in [3.8, 4) is 5.75 Å². The molecule has 0 aromatic heterocycles. The lowest BCUT2D eigenvalue weighted by atomic mass is 9.96. The second-order valence-electron chi connectivity index (χ2n) is 8.32. The van der Waals surface area contributed by atoms with E-state index in [-0.39, 0.29) is 23.5 Å². The second kappa shape index (κ2) is 10.1. The number of ether oxygens (including phenoxy) is 1. The van der Waals surface area contributed by atoms with E-state index in [9.17, 15) is 13.2 Å². The molecule has 0 spiro atoms. The second-order valence-corrected chi connectivity index (χ2v) is 10.00. The molecule has 1 unspecified atom stereocenters. The van der Waals surface area contributed by atoms with Crippen molar-refractivity contribution < 1.29 is 17.9 Å². The summed E-state index contributed by atoms with van der Waals surface area (Å²) in [5.41, 5.74) is 6.06. The minimum atomic E-state index is -3.72. The van der Waals surface area contributed by atoms with E-state index in [2.05, 4.69) is 36.0 Å². The van der Waals surface area contributed by atoms with E-state index in [0.717, 1.165) is 16.7 Å². The fourth-order valence-corrected chi connectivity index (χ4v) is 4.65. The fourth-order valence-electron chi connectivity index (χ4n) is 3.60. The topological polar surface area (TPSA) is 84.5 Å². The van der Waals surface area contributed by atoms with Gasteiger partial charge in [0.2, 0.25) is 0 Å². The van der Waals surface area contributed by atoms with Crippen molar-refractivity contribution in [3.63, 3.8) is 0 Å². The third-order valence-corrected chi connectivity index (χ3v) is 6.90. The predicted molar refractivity (Wildman–Crippen MR) is 131 cm³/mol. The summed E-state index contributed by atoms with van der Waals surface area (Å²) in [4.78, 5) is 12.5. The smallest absolute Gasteiger partial charge is 0.261 e. The first-order valence-electron chi connectivity index (χ1n) is 10.7. The van der Waals surface area contributed by atoms with Gasteiger partial charge in [-0.2, -0.15) is 0 Å². The van der Waals surface area contributed by atoms with Crippen molar-refractivity contribution in [1.82, 2.24) is 5.32 Å². The van der Waals surface area contributed by atoms with Crippen LogP contribution in [0.2, 0.25) is 0 Å². The summed E-state index contributed by atoms with van der Waals surface area (Å²) in [6, 6.07) is 17.2. The number of aryl methyl sites for hydroxylation is 4. The van der Waals surface area contributed by atoms with E-state index < -0.39 is 10.0 Å². The lowest BCUT2D eigenvalue weighted by Gasteiger charge is -2.18. The van der Waals surface area contributed by atoms with Crippen LogP contribution in [-0.2, 0) is 14.8 Å². The molecule has 0 bridgehead atoms. The zero-order chi connectivity index (χ0) is 24.2. The monoisotopic (exact) mass is 466 g/mol. The van der Waals surface area contributed by atoms with Crippen LogP contribution >= 0.6 is 0 Å². The maximum absolute atomic E-state index is 12.6. The molecule has 3 aromatic carbocycles. The van der Waals surface area contributed by atoms with E-state index in [1.807, 2.05) is 26.8 Å². The number of benzene rings is 3. The molecule has 0 fully saturated rings. The van der Waals surface area contributed by atoms with Gasteiger partial charge in [-0.05, 0) is 98.8 Å². The molecule has 3 aromatic rings. The minimum Gasteiger partial charge on any atom is -0.484 e. The van der Waals surface area contributed by atoms with Crippen LogP contribution in [0.3, 0.4) is 0 Å². The van der Waals surface area contributed by atoms with Crippen LogP contribution in [0, 0.1) is 27.7 Å². The summed E-state index contributed by atoms with van der Waals surface area (Å²) in [7, 11) is -3.72. The molecule has 0 aliphatic rings. The van der Waals surface area contributed by atoms with Crippen molar-refractivity contribution in [2.75, 3.05) is 11.3 Å². The summed E-state index contributed by atoms with van der Waals surface area (Å²) in [6.45, 7) is 9.82. The third-order valence-electron chi connectivity index (χ3n) is 5.50. The third kappa shape index (κ3) is 6.35. The number of carbonyl (C=O) groups is 1. The number of carbonyl (C=O) groups excluding carboxylic acids is 1. The normalized spacial score (nSPS) is 12.2. The number of nitrogens with one attached hydrogen (secondary N) is 2. The molecule has 1 amide bonds. The largest absolute Gasteiger partial charge is 0.484 e. The van der Waals surface area contributed by atoms with Gasteiger partial charge in [0.05, 0.1) is 10.9 Å². The maximum atomic E-state index is 12.6. The average molecular weight is 467 g/mol. The molecule has 0 aliphatic carbocycles. The van der Waals surface area contributed by atoms with E-state index in [1.54, 1.807) is 18.2 Å². The van der Waals surface area contributed by atoms with Gasteiger partial charge in [0.1, 0.15) is 5.75 Å². The minimum absolute atomic E-state index is 0.111. The van der Waals surface area contributed by atoms with Gasteiger partial charge in [0.15, 0.2) is 6.61 Å². The number of rotatable bonds is 8. The fraction of sp³-hybridized carbons (Fsp3) is 0.269. The molecular formula is C26H30N2O4S. The Morgan fingerprint density at radius 1 is 0.909 bits per heavy atom. The SMILES string of the molecule is Cc1cccc(NS(=O)(=O)c2ccc(OCC(=O)NC(C)c3cc(C)c(C)cc3C)cc2)c1. The number of hydrogen-bond acceptors (Lipinski definition) is 4. The number of sulfonamides is 1. The van der Waals surface area contributed by atoms with Crippen LogP contribution in [0.4, 0.5) is 5.69 Å². The Balaban J connectivity index is 1.58. The molecule has 2 N–H and O–H groups in total. The molecule has 0 saturated carbocycles. The van der Waals surface area contributed by atoms with Gasteiger partial charge in [0, 0.05) is 5.69 Å². The van der Waals surface area contributed by atoms with Crippen molar-refractivity contribution in [3.05, 3.63) is 88.5 Å². The Morgan fingerprint density at radius 2 is 1.58 bits per heavy atom. The molecule has 0 aliphatic heterocycles. The van der Waals surface area contributed by atoms with Crippen LogP contribution in [0.25, 0.3) is 0 Å². The van der Waals surface area contributed by atoms with Gasteiger partial charge < -0.3 is 10.1 Å². The molecule has 0 saturated heterocycles. The highest BCUT2D eigenvalue weighted by Gasteiger charge is 2.16. The number of amides is 1. The van der Waals surface area contributed by atoms with Gasteiger partial charge >= 0.3 is 0 Å². The van der Waals surface area contributed by atoms with Crippen LogP contribution in [0.15, 0.2) is 65.6 Å². The summed E-state index contributed by atoms with van der Waals surface area (Å²) in [5, 5.41) is 2.95. The van der Waals surface area contributed by atoms with Crippen LogP contribution in [-0.4, -0.2) is 20.9 Å². The van der Waals surface area contributed by atoms with E-state index >= 15 is 0 Å². The highest BCUT2D eigenvalue weighted by atomic mass is 32.2. The van der Waals surface area contributed by atoms with Crippen molar-refractivity contribution >= 4 is 21.6 Å². The highest BCUT2D eigenvalue weighted by molar-refractivity contribution is 7.92. The quantitative estimate of drug-likeness (QED) is 0.491. The Bertz CT molecular complexity index is 1250. The molecule has 0 heterocycles. The van der Waals surface area contributed by atoms with Gasteiger partial charge in [0.25, 0.3) is 15.9 Å². The molecule has 3 rings (SSSR count). The predicted octanol–water partition coefficient (Wildman–Crippen LogP) is 4.98. The first-order valence-corrected chi connectivity index (χ1v) is 12.2. The van der Waals surface area contributed by atoms with Crippen molar-refractivity contribution in [2.24, 2.45) is 0 Å². The Kier molecular flexibility index (Phi) is 7.43. The molecule has 174 valence electrons. The molecule has 7 heteroatoms. The molecule has 6 nitrogen and oxygen atoms in total. The average Bonchev–Trinajstić information content (AvgIpc) is 2.74. The van der Waals surface area contributed by atoms with Crippen LogP contribution < -0.4 is 14.8 Å². The lowest BCUT2D eigenvalue weighted by Crippen LogP contribution is -2.31. The highest BCUT2D eigenvalue weighted by Crippen LogP contribution is 2.22. The van der Waals surface area contributed by atoms with Gasteiger partial charge in [-0.3, -0.25) is 9.52 Å². The summed E-state index contributed by atoms with van der Waals surface area (Å²) < 4.78 is 33.3. The Hall–Kier alpha value is -3.32. The van der Waals surface area contributed by atoms with Gasteiger partial charge in [-0.1, -0.05) is 24.3 Å². The van der Waals surface area contributed by atoms with E-state index in [4.69, 9.17) is 4.74 Å². The maximum Gasteiger partial charge on any atom is 0.261 e. The van der Waals surface area contributed by atoms with Gasteiger partial charge in [-0.15, -0.1) is 0 Å². The number of hydrogen-bond donors (Lipinski definition) is 2. The van der Waals surface area contributed by atoms with Gasteiger partial charge in [-0.25, -0.2) is 8.42 Å². The summed E-state index contributed by atoms with van der Waals surface area (Å²) in [6.07, 6.45) is 0. The van der Waals surface area contributed by atoms with E-state index in [0.29, 0.717) is 11.4 Å². The Labute approximate surface area is 196 Å². The summed E-state index contributed by atoms with van der Waals surface area (Å²) >= 11 is 0. The zero-order valence-corrected chi connectivity index (χ0v) is 20.4. The zero-order valence-electron chi connectivity index (χ0n) is 19.6. The van der Waals surface area contributed by atoms with Crippen LogP contribution in [0.1, 0.15) is 40.8 Å². The molecular weight excluding hydrogens is 436 g/mol. The summed E-state index contributed by atoms with van der Waals surface area (Å²) in [5.74, 6) is 0.160. The number of anilines is 1. The van der Waals surface area contributed by atoms with Crippen molar-refractivity contribution in [1.29, 1.82) is 0 Å². The molecule has 1 atom stereocenters. The first-order chi connectivity index (χ1) is 15.5. The van der Waals surface area contributed by atoms with E-state index in [1.165, 1.54) is 35.4 Å². The van der Waals surface area contributed by atoms with Crippen molar-refractivity contribution in [2.45, 2.75) is 45.6 Å². The standard InChI is InChI=1S/C26H30N2O4S/c1-17-7-6-8-22(13-17)28-33(30,31)24-11-9-23(10-12-24)32-16-26(29)27-21(5)25-15-19(3)18(2)14-20(25)4/h6-15,21,28H,16H2,1-5H3,(H,27,29). The lowest BCUT2D eigenvalue weighted by molar-refractivity contribution is -0.123. The molecule has 33 heavy (non-hydrogen) atoms. The van der Waals surface area contributed by atoms with Crippen LogP contribution in [0.5, 0.6) is 5.75 Å². The Morgan fingerprint density at radius 3 is 2.24 bits per heavy atom. The molecule has 0 radical (unpaired) electrons.